The van der Waals surface area contributed by atoms with E-state index in [2.05, 4.69) is 5.32 Å². The Balaban J connectivity index is 2.65. The molecule has 0 fully saturated rings. The lowest BCUT2D eigenvalue weighted by Crippen LogP contribution is -2.21. The van der Waals surface area contributed by atoms with Crippen molar-refractivity contribution < 1.29 is 13.2 Å². The van der Waals surface area contributed by atoms with Crippen LogP contribution in [-0.2, 0) is 14.8 Å². The van der Waals surface area contributed by atoms with Crippen LogP contribution >= 0.6 is 24.0 Å². The number of nitrogens with zero attached hydrogens (tertiary/aromatic N) is 1. The minimum Gasteiger partial charge on any atom is -0.364 e. The average Bonchev–Trinajstić information content (AvgIpc) is 2.35. The van der Waals surface area contributed by atoms with Gasteiger partial charge in [0.05, 0.1) is 10.6 Å². The van der Waals surface area contributed by atoms with Crippen molar-refractivity contribution in [2.45, 2.75) is 4.90 Å². The summed E-state index contributed by atoms with van der Waals surface area (Å²) in [6.45, 7) is 0. The van der Waals surface area contributed by atoms with Gasteiger partial charge in [-0.1, -0.05) is 30.0 Å². The van der Waals surface area contributed by atoms with Crippen molar-refractivity contribution >= 4 is 49.9 Å². The van der Waals surface area contributed by atoms with Gasteiger partial charge in [0.2, 0.25) is 15.9 Å². The monoisotopic (exact) mass is 333 g/mol. The van der Waals surface area contributed by atoms with Crippen LogP contribution in [0.2, 0.25) is 0 Å². The van der Waals surface area contributed by atoms with Gasteiger partial charge in [0.25, 0.3) is 0 Å². The molecule has 0 bridgehead atoms. The van der Waals surface area contributed by atoms with E-state index < -0.39 is 10.0 Å². The van der Waals surface area contributed by atoms with Gasteiger partial charge in [-0.2, -0.15) is 0 Å². The van der Waals surface area contributed by atoms with Crippen LogP contribution in [0.1, 0.15) is 0 Å². The molecule has 6 nitrogen and oxygen atoms in total. The van der Waals surface area contributed by atoms with Crippen LogP contribution in [0.15, 0.2) is 29.2 Å². The number of sulfonamides is 1. The lowest BCUT2D eigenvalue weighted by Gasteiger charge is -2.12. The zero-order chi connectivity index (χ0) is 15.3. The first-order valence-electron chi connectivity index (χ1n) is 5.47. The number of primary sulfonamides is 1. The minimum absolute atomic E-state index is 0.0493. The molecular weight excluding hydrogens is 318 g/mol. The summed E-state index contributed by atoms with van der Waals surface area (Å²) in [6.07, 6.45) is 0. The molecule has 0 aliphatic heterocycles. The Labute approximate surface area is 127 Å². The van der Waals surface area contributed by atoms with E-state index in [9.17, 15) is 13.2 Å². The quantitative estimate of drug-likeness (QED) is 0.794. The van der Waals surface area contributed by atoms with Crippen LogP contribution < -0.4 is 10.5 Å². The van der Waals surface area contributed by atoms with Crippen molar-refractivity contribution in [3.63, 3.8) is 0 Å². The first-order chi connectivity index (χ1) is 9.20. The lowest BCUT2D eigenvalue weighted by molar-refractivity contribution is -0.113. The smallest absolute Gasteiger partial charge is 0.238 e. The molecule has 1 aromatic rings. The highest BCUT2D eigenvalue weighted by Gasteiger charge is 2.10. The Kier molecular flexibility index (Phi) is 5.93. The fourth-order valence-electron chi connectivity index (χ4n) is 1.20. The SMILES string of the molecule is CN(C)C(=S)SCC(=O)Nc1cccc(S(N)(=O)=O)c1. The molecule has 110 valence electrons. The molecule has 0 radical (unpaired) electrons. The molecule has 1 aromatic carbocycles. The maximum atomic E-state index is 11.7. The van der Waals surface area contributed by atoms with E-state index in [1.165, 1.54) is 30.0 Å². The van der Waals surface area contributed by atoms with Crippen molar-refractivity contribution in [1.82, 2.24) is 4.90 Å². The Bertz CT molecular complexity index is 614. The highest BCUT2D eigenvalue weighted by atomic mass is 32.2. The molecule has 0 aliphatic rings. The normalized spacial score (nSPS) is 10.9. The minimum atomic E-state index is -3.78. The molecule has 0 atom stereocenters. The summed E-state index contributed by atoms with van der Waals surface area (Å²) in [5, 5.41) is 7.61. The molecule has 0 saturated carbocycles. The molecule has 1 rings (SSSR count). The summed E-state index contributed by atoms with van der Waals surface area (Å²) in [5.41, 5.74) is 0.373. The van der Waals surface area contributed by atoms with E-state index in [0.717, 1.165) is 0 Å². The fraction of sp³-hybridized carbons (Fsp3) is 0.273. The highest BCUT2D eigenvalue weighted by Crippen LogP contribution is 2.15. The van der Waals surface area contributed by atoms with Crippen LogP contribution in [0, 0.1) is 0 Å². The molecule has 0 spiro atoms. The third kappa shape index (κ3) is 5.45. The zero-order valence-corrected chi connectivity index (χ0v) is 13.4. The summed E-state index contributed by atoms with van der Waals surface area (Å²) in [6, 6.07) is 5.76. The van der Waals surface area contributed by atoms with E-state index in [1.807, 2.05) is 0 Å². The number of benzene rings is 1. The topological polar surface area (TPSA) is 92.5 Å². The van der Waals surface area contributed by atoms with Crippen molar-refractivity contribution in [2.24, 2.45) is 5.14 Å². The Hall–Kier alpha value is -1.16. The maximum Gasteiger partial charge on any atom is 0.238 e. The Morgan fingerprint density at radius 3 is 2.65 bits per heavy atom. The summed E-state index contributed by atoms with van der Waals surface area (Å²) >= 11 is 6.27. The van der Waals surface area contributed by atoms with Gasteiger partial charge < -0.3 is 10.2 Å². The predicted octanol–water partition coefficient (Wildman–Crippen LogP) is 0.852. The number of thiocarbonyl (C=S) groups is 1. The number of nitrogens with one attached hydrogen (secondary N) is 1. The number of hydrogen-bond donors (Lipinski definition) is 2. The van der Waals surface area contributed by atoms with Gasteiger partial charge in [-0.05, 0) is 18.2 Å². The molecule has 0 saturated heterocycles. The second-order valence-corrected chi connectivity index (χ2v) is 7.24. The van der Waals surface area contributed by atoms with E-state index in [4.69, 9.17) is 17.4 Å². The van der Waals surface area contributed by atoms with Gasteiger partial charge in [-0.15, -0.1) is 0 Å². The molecule has 0 aromatic heterocycles. The van der Waals surface area contributed by atoms with Crippen molar-refractivity contribution in [3.05, 3.63) is 24.3 Å². The molecule has 0 heterocycles. The molecule has 9 heteroatoms. The van der Waals surface area contributed by atoms with E-state index in [0.29, 0.717) is 10.0 Å². The van der Waals surface area contributed by atoms with E-state index >= 15 is 0 Å². The predicted molar refractivity (Wildman–Crippen MR) is 85.2 cm³/mol. The zero-order valence-electron chi connectivity index (χ0n) is 11.0. The maximum absolute atomic E-state index is 11.7. The summed E-state index contributed by atoms with van der Waals surface area (Å²) in [7, 11) is -0.193. The second-order valence-electron chi connectivity index (χ2n) is 4.07. The van der Waals surface area contributed by atoms with Gasteiger partial charge in [-0.25, -0.2) is 13.6 Å². The van der Waals surface area contributed by atoms with Gasteiger partial charge in [-0.3, -0.25) is 4.79 Å². The number of amides is 1. The number of thioether (sulfide) groups is 1. The van der Waals surface area contributed by atoms with Gasteiger partial charge in [0.15, 0.2) is 0 Å². The van der Waals surface area contributed by atoms with Crippen LogP contribution in [0.25, 0.3) is 0 Å². The first-order valence-corrected chi connectivity index (χ1v) is 8.41. The van der Waals surface area contributed by atoms with Crippen molar-refractivity contribution in [2.75, 3.05) is 25.2 Å². The lowest BCUT2D eigenvalue weighted by atomic mass is 10.3. The van der Waals surface area contributed by atoms with Crippen LogP contribution in [0.3, 0.4) is 0 Å². The fourth-order valence-corrected chi connectivity index (χ4v) is 2.53. The Morgan fingerprint density at radius 2 is 2.10 bits per heavy atom. The van der Waals surface area contributed by atoms with Crippen LogP contribution in [0.5, 0.6) is 0 Å². The van der Waals surface area contributed by atoms with Gasteiger partial charge in [0.1, 0.15) is 4.32 Å². The van der Waals surface area contributed by atoms with E-state index in [-0.39, 0.29) is 16.6 Å². The second kappa shape index (κ2) is 7.02. The third-order valence-corrected chi connectivity index (χ3v) is 4.79. The number of hydrogen-bond acceptors (Lipinski definition) is 5. The number of carbonyl (C=O) groups excluding carboxylic acids is 1. The molecule has 0 unspecified atom stereocenters. The summed E-state index contributed by atoms with van der Waals surface area (Å²) in [5.74, 6) is -0.123. The number of anilines is 1. The van der Waals surface area contributed by atoms with Crippen LogP contribution in [-0.4, -0.2) is 43.4 Å². The first kappa shape index (κ1) is 16.9. The van der Waals surface area contributed by atoms with Crippen molar-refractivity contribution in [1.29, 1.82) is 0 Å². The number of nitrogens with two attached hydrogens (primary N) is 1. The van der Waals surface area contributed by atoms with Crippen molar-refractivity contribution in [3.8, 4) is 0 Å². The third-order valence-electron chi connectivity index (χ3n) is 2.14. The molecule has 3 N–H and O–H groups in total. The number of carbonyl (C=O) groups is 1. The van der Waals surface area contributed by atoms with Crippen LogP contribution in [0.4, 0.5) is 5.69 Å². The number of rotatable bonds is 4. The van der Waals surface area contributed by atoms with Gasteiger partial charge >= 0.3 is 0 Å². The highest BCUT2D eigenvalue weighted by molar-refractivity contribution is 8.23. The molecular formula is C11H15N3O3S3. The summed E-state index contributed by atoms with van der Waals surface area (Å²) in [4.78, 5) is 13.4. The standard InChI is InChI=1S/C11H15N3O3S3/c1-14(2)11(18)19-7-10(15)13-8-4-3-5-9(6-8)20(12,16)17/h3-6H,7H2,1-2H3,(H,13,15)(H2,12,16,17). The molecule has 1 amide bonds. The van der Waals surface area contributed by atoms with Gasteiger partial charge in [0, 0.05) is 19.8 Å². The Morgan fingerprint density at radius 1 is 1.45 bits per heavy atom. The largest absolute Gasteiger partial charge is 0.364 e. The van der Waals surface area contributed by atoms with E-state index in [1.54, 1.807) is 25.1 Å². The molecule has 20 heavy (non-hydrogen) atoms. The summed E-state index contributed by atoms with van der Waals surface area (Å²) < 4.78 is 23.0. The average molecular weight is 333 g/mol. The molecule has 0 aliphatic carbocycles.